The summed E-state index contributed by atoms with van der Waals surface area (Å²) in [7, 11) is 0. The van der Waals surface area contributed by atoms with Crippen molar-refractivity contribution in [2.75, 3.05) is 5.32 Å². The van der Waals surface area contributed by atoms with Crippen LogP contribution in [0.5, 0.6) is 5.75 Å². The van der Waals surface area contributed by atoms with Crippen LogP contribution in [-0.4, -0.2) is 20.6 Å². The Bertz CT molecular complexity index is 1360. The van der Waals surface area contributed by atoms with Crippen LogP contribution in [0.3, 0.4) is 0 Å². The highest BCUT2D eigenvalue weighted by Crippen LogP contribution is 2.27. The molecule has 1 amide bonds. The third-order valence-electron chi connectivity index (χ3n) is 5.52. The van der Waals surface area contributed by atoms with Crippen LogP contribution >= 0.6 is 0 Å². The molecule has 174 valence electrons. The van der Waals surface area contributed by atoms with Crippen LogP contribution in [-0.2, 0) is 13.2 Å². The van der Waals surface area contributed by atoms with Crippen LogP contribution in [0.25, 0.3) is 0 Å². The van der Waals surface area contributed by atoms with Crippen LogP contribution in [0, 0.1) is 30.9 Å². The van der Waals surface area contributed by atoms with E-state index in [1.807, 2.05) is 30.7 Å². The number of furan rings is 1. The Morgan fingerprint density at radius 2 is 1.82 bits per heavy atom. The number of carbonyl (C=O) groups is 1. The topological polar surface area (TPSA) is 112 Å². The first-order valence-electron chi connectivity index (χ1n) is 10.7. The average molecular weight is 460 g/mol. The molecule has 9 nitrogen and oxygen atoms in total. The normalized spacial score (nSPS) is 10.8. The van der Waals surface area contributed by atoms with Crippen LogP contribution in [0.15, 0.2) is 65.1 Å². The first-order valence-corrected chi connectivity index (χ1v) is 10.7. The van der Waals surface area contributed by atoms with Crippen LogP contribution in [0.2, 0.25) is 0 Å². The fourth-order valence-corrected chi connectivity index (χ4v) is 3.61. The highest BCUT2D eigenvalue weighted by Gasteiger charge is 2.19. The van der Waals surface area contributed by atoms with E-state index >= 15 is 0 Å². The molecule has 2 aromatic heterocycles. The largest absolute Gasteiger partial charge is 0.479 e. The predicted octanol–water partition coefficient (Wildman–Crippen LogP) is 5.19. The van der Waals surface area contributed by atoms with E-state index in [1.165, 1.54) is 23.8 Å². The van der Waals surface area contributed by atoms with Gasteiger partial charge in [0.1, 0.15) is 12.4 Å². The molecule has 1 N–H and O–H groups in total. The van der Waals surface area contributed by atoms with Gasteiger partial charge in [0, 0.05) is 6.07 Å². The summed E-state index contributed by atoms with van der Waals surface area (Å²) in [5, 5.41) is 18.6. The van der Waals surface area contributed by atoms with Gasteiger partial charge in [-0.25, -0.2) is 0 Å². The highest BCUT2D eigenvalue weighted by atomic mass is 16.6. The molecular weight excluding hydrogens is 436 g/mol. The number of anilines is 1. The number of carbonyl (C=O) groups excluding carboxylic acids is 1. The SMILES string of the molecule is Cc1ccccc1Cn1nc(C)c(NC(=O)c2ccc(COc3ccccc3[N+](=O)[O-])o2)c1C. The van der Waals surface area contributed by atoms with Gasteiger partial charge in [-0.05, 0) is 50.1 Å². The van der Waals surface area contributed by atoms with Gasteiger partial charge >= 0.3 is 5.69 Å². The predicted molar refractivity (Wildman–Crippen MR) is 126 cm³/mol. The van der Waals surface area contributed by atoms with Crippen molar-refractivity contribution >= 4 is 17.3 Å². The van der Waals surface area contributed by atoms with Crippen molar-refractivity contribution in [3.8, 4) is 5.75 Å². The number of para-hydroxylation sites is 2. The van der Waals surface area contributed by atoms with Crippen LogP contribution in [0.4, 0.5) is 11.4 Å². The zero-order chi connectivity index (χ0) is 24.2. The van der Waals surface area contributed by atoms with Crippen molar-refractivity contribution in [2.24, 2.45) is 0 Å². The van der Waals surface area contributed by atoms with Crippen molar-refractivity contribution in [1.29, 1.82) is 0 Å². The minimum absolute atomic E-state index is 0.0510. The lowest BCUT2D eigenvalue weighted by molar-refractivity contribution is -0.386. The number of nitrogens with zero attached hydrogens (tertiary/aromatic N) is 3. The summed E-state index contributed by atoms with van der Waals surface area (Å²) < 4.78 is 13.0. The number of nitrogens with one attached hydrogen (secondary N) is 1. The van der Waals surface area contributed by atoms with E-state index in [0.29, 0.717) is 23.7 Å². The fraction of sp³-hybridized carbons (Fsp3) is 0.200. The second-order valence-electron chi connectivity index (χ2n) is 7.86. The first kappa shape index (κ1) is 22.8. The highest BCUT2D eigenvalue weighted by molar-refractivity contribution is 6.02. The molecule has 0 bridgehead atoms. The van der Waals surface area contributed by atoms with Gasteiger partial charge in [0.25, 0.3) is 5.91 Å². The van der Waals surface area contributed by atoms with E-state index in [2.05, 4.69) is 29.5 Å². The zero-order valence-corrected chi connectivity index (χ0v) is 19.1. The molecule has 0 saturated carbocycles. The molecule has 9 heteroatoms. The van der Waals surface area contributed by atoms with Gasteiger partial charge in [-0.3, -0.25) is 19.6 Å². The van der Waals surface area contributed by atoms with Gasteiger partial charge in [-0.15, -0.1) is 0 Å². The summed E-state index contributed by atoms with van der Waals surface area (Å²) in [4.78, 5) is 23.4. The number of rotatable bonds is 8. The summed E-state index contributed by atoms with van der Waals surface area (Å²) in [5.41, 5.74) is 4.35. The summed E-state index contributed by atoms with van der Waals surface area (Å²) >= 11 is 0. The molecule has 2 heterocycles. The van der Waals surface area contributed by atoms with E-state index < -0.39 is 10.8 Å². The maximum Gasteiger partial charge on any atom is 0.310 e. The second kappa shape index (κ2) is 9.62. The van der Waals surface area contributed by atoms with Crippen molar-refractivity contribution in [3.05, 3.63) is 105 Å². The summed E-state index contributed by atoms with van der Waals surface area (Å²) in [6.45, 7) is 6.35. The molecule has 0 radical (unpaired) electrons. The molecule has 4 rings (SSSR count). The smallest absolute Gasteiger partial charge is 0.310 e. The number of aromatic nitrogens is 2. The molecule has 34 heavy (non-hydrogen) atoms. The molecule has 0 atom stereocenters. The minimum atomic E-state index is -0.514. The van der Waals surface area contributed by atoms with Gasteiger partial charge in [-0.1, -0.05) is 36.4 Å². The Morgan fingerprint density at radius 1 is 1.09 bits per heavy atom. The number of ether oxygens (including phenoxy) is 1. The number of hydrogen-bond donors (Lipinski definition) is 1. The van der Waals surface area contributed by atoms with Gasteiger partial charge in [-0.2, -0.15) is 5.10 Å². The van der Waals surface area contributed by atoms with E-state index in [4.69, 9.17) is 9.15 Å². The van der Waals surface area contributed by atoms with Crippen molar-refractivity contribution in [3.63, 3.8) is 0 Å². The first-order chi connectivity index (χ1) is 16.3. The number of hydrogen-bond acceptors (Lipinski definition) is 6. The van der Waals surface area contributed by atoms with E-state index in [1.54, 1.807) is 18.2 Å². The summed E-state index contributed by atoms with van der Waals surface area (Å²) in [6, 6.07) is 17.3. The lowest BCUT2D eigenvalue weighted by Gasteiger charge is -2.08. The molecule has 0 saturated heterocycles. The molecular formula is C25H24N4O5. The summed E-state index contributed by atoms with van der Waals surface area (Å²) in [5.74, 6) is 0.180. The van der Waals surface area contributed by atoms with Gasteiger partial charge in [0.15, 0.2) is 11.5 Å². The number of aryl methyl sites for hydroxylation is 2. The molecule has 0 fully saturated rings. The molecule has 4 aromatic rings. The maximum absolute atomic E-state index is 12.8. The Balaban J connectivity index is 1.44. The Labute approximate surface area is 196 Å². The number of nitro groups is 1. The van der Waals surface area contributed by atoms with E-state index in [0.717, 1.165) is 11.3 Å². The van der Waals surface area contributed by atoms with Crippen molar-refractivity contribution in [2.45, 2.75) is 33.9 Å². The molecule has 0 aliphatic heterocycles. The van der Waals surface area contributed by atoms with Crippen LogP contribution < -0.4 is 10.1 Å². The van der Waals surface area contributed by atoms with Crippen molar-refractivity contribution in [1.82, 2.24) is 9.78 Å². The molecule has 0 aliphatic rings. The van der Waals surface area contributed by atoms with Crippen molar-refractivity contribution < 1.29 is 18.9 Å². The number of amides is 1. The fourth-order valence-electron chi connectivity index (χ4n) is 3.61. The Kier molecular flexibility index (Phi) is 6.44. The molecule has 2 aromatic carbocycles. The Morgan fingerprint density at radius 3 is 2.59 bits per heavy atom. The van der Waals surface area contributed by atoms with Gasteiger partial charge in [0.05, 0.1) is 28.5 Å². The zero-order valence-electron chi connectivity index (χ0n) is 19.1. The van der Waals surface area contributed by atoms with E-state index in [9.17, 15) is 14.9 Å². The maximum atomic E-state index is 12.8. The third-order valence-corrected chi connectivity index (χ3v) is 5.52. The second-order valence-corrected chi connectivity index (χ2v) is 7.86. The average Bonchev–Trinajstić information content (AvgIpc) is 3.40. The quantitative estimate of drug-likeness (QED) is 0.286. The number of nitro benzene ring substituents is 1. The molecule has 0 unspecified atom stereocenters. The third kappa shape index (κ3) is 4.83. The van der Waals surface area contributed by atoms with Crippen LogP contribution in [0.1, 0.15) is 38.8 Å². The molecule has 0 aliphatic carbocycles. The van der Waals surface area contributed by atoms with Gasteiger partial charge < -0.3 is 14.5 Å². The van der Waals surface area contributed by atoms with Gasteiger partial charge in [0.2, 0.25) is 0 Å². The number of benzene rings is 2. The minimum Gasteiger partial charge on any atom is -0.479 e. The Hall–Kier alpha value is -4.40. The molecule has 0 spiro atoms. The van der Waals surface area contributed by atoms with E-state index in [-0.39, 0.29) is 23.8 Å². The lowest BCUT2D eigenvalue weighted by atomic mass is 10.1. The standard InChI is InChI=1S/C25H24N4O5/c1-16-8-4-5-9-19(16)14-28-18(3)24(17(2)27-28)26-25(30)23-13-12-20(34-23)15-33-22-11-7-6-10-21(22)29(31)32/h4-13H,14-15H2,1-3H3,(H,26,30). The lowest BCUT2D eigenvalue weighted by Crippen LogP contribution is -2.12. The summed E-state index contributed by atoms with van der Waals surface area (Å²) in [6.07, 6.45) is 0. The monoisotopic (exact) mass is 460 g/mol.